The molecular formula is C39H45F3N6O7. The average Bonchev–Trinajstić information content (AvgIpc) is 3.88. The molecule has 1 aromatic heterocycles. The van der Waals surface area contributed by atoms with E-state index in [-0.39, 0.29) is 63.1 Å². The molecule has 0 aliphatic carbocycles. The number of nitrogens with zero attached hydrogens (tertiary/aromatic N) is 4. The van der Waals surface area contributed by atoms with Crippen molar-refractivity contribution >= 4 is 23.8 Å². The molecule has 0 saturated carbocycles. The number of hydrogen-bond acceptors (Lipinski definition) is 9. The Hall–Kier alpha value is -5.06. The number of amides is 4. The highest BCUT2D eigenvalue weighted by molar-refractivity contribution is 6.12. The first-order chi connectivity index (χ1) is 26.6. The molecule has 294 valence electrons. The first-order valence-corrected chi connectivity index (χ1v) is 18.4. The van der Waals surface area contributed by atoms with Gasteiger partial charge in [0.05, 0.1) is 31.5 Å². The highest BCUT2D eigenvalue weighted by Gasteiger charge is 2.42. The Morgan fingerprint density at radius 1 is 1.05 bits per heavy atom. The highest BCUT2D eigenvalue weighted by atomic mass is 19.1. The summed E-state index contributed by atoms with van der Waals surface area (Å²) in [5.74, 6) is -3.15. The first-order valence-electron chi connectivity index (χ1n) is 18.4. The maximum atomic E-state index is 15.3. The molecule has 2 N–H and O–H groups in total. The monoisotopic (exact) mass is 766 g/mol. The summed E-state index contributed by atoms with van der Waals surface area (Å²) in [7, 11) is 0. The number of ether oxygens (including phenoxy) is 3. The van der Waals surface area contributed by atoms with Crippen LogP contribution < -0.4 is 10.6 Å². The van der Waals surface area contributed by atoms with Gasteiger partial charge in [-0.15, -0.1) is 0 Å². The summed E-state index contributed by atoms with van der Waals surface area (Å²) in [4.78, 5) is 58.3. The number of hydrogen-bond donors (Lipinski definition) is 2. The van der Waals surface area contributed by atoms with E-state index in [4.69, 9.17) is 19.2 Å². The van der Waals surface area contributed by atoms with Crippen LogP contribution in [0, 0.1) is 23.5 Å². The summed E-state index contributed by atoms with van der Waals surface area (Å²) in [6.45, 7) is 3.13. The van der Waals surface area contributed by atoms with E-state index >= 15 is 8.78 Å². The molecule has 4 amide bonds. The molecule has 4 heterocycles. The summed E-state index contributed by atoms with van der Waals surface area (Å²) >= 11 is 0. The van der Waals surface area contributed by atoms with Crippen molar-refractivity contribution in [3.8, 4) is 11.3 Å². The molecule has 0 bridgehead atoms. The van der Waals surface area contributed by atoms with Crippen LogP contribution in [0.4, 0.5) is 18.0 Å². The number of carbonyl (C=O) groups is 4. The summed E-state index contributed by atoms with van der Waals surface area (Å²) in [6, 6.07) is 11.8. The van der Waals surface area contributed by atoms with Crippen molar-refractivity contribution in [2.45, 2.75) is 44.6 Å². The minimum atomic E-state index is -1.31. The lowest BCUT2D eigenvalue weighted by Gasteiger charge is -2.40. The van der Waals surface area contributed by atoms with E-state index in [9.17, 15) is 23.6 Å². The summed E-state index contributed by atoms with van der Waals surface area (Å²) in [5.41, 5.74) is 1.01. The van der Waals surface area contributed by atoms with E-state index in [1.165, 1.54) is 24.0 Å². The second-order valence-corrected chi connectivity index (χ2v) is 13.8. The van der Waals surface area contributed by atoms with Crippen molar-refractivity contribution in [3.05, 3.63) is 89.9 Å². The molecule has 3 aliphatic heterocycles. The van der Waals surface area contributed by atoms with E-state index in [1.54, 1.807) is 6.20 Å². The number of alkyl halides is 1. The lowest BCUT2D eigenvalue weighted by molar-refractivity contribution is -0.146. The largest absolute Gasteiger partial charge is 0.436 e. The van der Waals surface area contributed by atoms with Crippen molar-refractivity contribution in [1.29, 1.82) is 0 Å². The first kappa shape index (κ1) is 39.6. The van der Waals surface area contributed by atoms with Gasteiger partial charge in [-0.25, -0.2) is 22.9 Å². The van der Waals surface area contributed by atoms with Crippen LogP contribution in [-0.4, -0.2) is 115 Å². The average molecular weight is 767 g/mol. The molecule has 4 atom stereocenters. The number of imidazole rings is 1. The number of halogens is 3. The van der Waals surface area contributed by atoms with Gasteiger partial charge in [-0.2, -0.15) is 0 Å². The van der Waals surface area contributed by atoms with Gasteiger partial charge in [0.25, 0.3) is 17.7 Å². The van der Waals surface area contributed by atoms with Gasteiger partial charge < -0.3 is 34.3 Å². The molecule has 2 fully saturated rings. The summed E-state index contributed by atoms with van der Waals surface area (Å²) < 4.78 is 63.5. The van der Waals surface area contributed by atoms with Gasteiger partial charge in [-0.1, -0.05) is 30.3 Å². The Kier molecular flexibility index (Phi) is 13.3. The van der Waals surface area contributed by atoms with Crippen LogP contribution in [0.15, 0.2) is 66.9 Å². The standard InChI is InChI=1S/C39H45F3N6O7/c1-25(55-39(52)44-13-17-54-18-14-47-34(49)9-10-35(47)50)38(51)48(23-28-20-43-21-32(28)42)36(27-11-15-53-16-12-27)37-45-33(30-19-29(40)7-8-31(30)41)24-46(37)22-26-5-3-2-4-6-26/h2-10,19,24-25,27-28,32,36,43H,11-18,20-23H2,1H3,(H,44,52). The fraction of sp³-hybridized carbons (Fsp3) is 0.462. The topological polar surface area (TPSA) is 144 Å². The van der Waals surface area contributed by atoms with E-state index in [0.29, 0.717) is 38.4 Å². The molecule has 13 nitrogen and oxygen atoms in total. The fourth-order valence-electron chi connectivity index (χ4n) is 7.13. The van der Waals surface area contributed by atoms with Crippen LogP contribution >= 0.6 is 0 Å². The van der Waals surface area contributed by atoms with Crippen molar-refractivity contribution in [3.63, 3.8) is 0 Å². The van der Waals surface area contributed by atoms with E-state index in [2.05, 4.69) is 10.6 Å². The molecule has 6 rings (SSSR count). The smallest absolute Gasteiger partial charge is 0.407 e. The zero-order chi connectivity index (χ0) is 38.9. The number of nitrogens with one attached hydrogen (secondary N) is 2. The second-order valence-electron chi connectivity index (χ2n) is 13.8. The molecule has 2 saturated heterocycles. The fourth-order valence-corrected chi connectivity index (χ4v) is 7.13. The molecule has 0 spiro atoms. The molecular weight excluding hydrogens is 721 g/mol. The van der Waals surface area contributed by atoms with Crippen molar-refractivity contribution in [2.75, 3.05) is 59.2 Å². The SMILES string of the molecule is CC(OC(=O)NCCOCCN1C(=O)C=CC1=O)C(=O)N(CC1CNCC1F)C(c1nc(-c2cc(F)ccc2F)cn1Cc1ccccc1)C1CCOCC1. The quantitative estimate of drug-likeness (QED) is 0.165. The van der Waals surface area contributed by atoms with E-state index in [1.807, 2.05) is 34.9 Å². The Morgan fingerprint density at radius 2 is 1.80 bits per heavy atom. The number of carbonyl (C=O) groups excluding carboxylic acids is 4. The maximum Gasteiger partial charge on any atom is 0.407 e. The third-order valence-electron chi connectivity index (χ3n) is 10.00. The lowest BCUT2D eigenvalue weighted by atomic mass is 9.88. The van der Waals surface area contributed by atoms with Gasteiger partial charge in [0.15, 0.2) is 6.10 Å². The van der Waals surface area contributed by atoms with Crippen LogP contribution in [0.3, 0.4) is 0 Å². The van der Waals surface area contributed by atoms with Gasteiger partial charge in [-0.3, -0.25) is 19.3 Å². The van der Waals surface area contributed by atoms with Crippen LogP contribution in [0.1, 0.15) is 37.2 Å². The summed E-state index contributed by atoms with van der Waals surface area (Å²) in [5, 5.41) is 5.59. The van der Waals surface area contributed by atoms with Crippen LogP contribution in [-0.2, 0) is 35.1 Å². The minimum Gasteiger partial charge on any atom is -0.436 e. The lowest BCUT2D eigenvalue weighted by Crippen LogP contribution is -2.49. The Bertz CT molecular complexity index is 1840. The molecule has 0 radical (unpaired) electrons. The number of imide groups is 1. The van der Waals surface area contributed by atoms with Crippen molar-refractivity contribution in [1.82, 2.24) is 30.0 Å². The molecule has 3 aromatic rings. The van der Waals surface area contributed by atoms with Gasteiger partial charge in [0, 0.05) is 75.8 Å². The number of alkyl carbamates (subject to hydrolysis) is 1. The molecule has 16 heteroatoms. The van der Waals surface area contributed by atoms with Crippen LogP contribution in [0.5, 0.6) is 0 Å². The Balaban J connectivity index is 1.25. The van der Waals surface area contributed by atoms with Crippen LogP contribution in [0.25, 0.3) is 11.3 Å². The third kappa shape index (κ3) is 9.98. The van der Waals surface area contributed by atoms with Gasteiger partial charge in [-0.05, 0) is 49.4 Å². The zero-order valence-electron chi connectivity index (χ0n) is 30.5. The predicted molar refractivity (Wildman–Crippen MR) is 193 cm³/mol. The maximum absolute atomic E-state index is 15.3. The van der Waals surface area contributed by atoms with Crippen LogP contribution in [0.2, 0.25) is 0 Å². The zero-order valence-corrected chi connectivity index (χ0v) is 30.5. The van der Waals surface area contributed by atoms with Gasteiger partial charge >= 0.3 is 6.09 Å². The van der Waals surface area contributed by atoms with Crippen molar-refractivity contribution in [2.24, 2.45) is 11.8 Å². The number of benzene rings is 2. The molecule has 55 heavy (non-hydrogen) atoms. The van der Waals surface area contributed by atoms with Crippen molar-refractivity contribution < 1.29 is 46.6 Å². The second kappa shape index (κ2) is 18.5. The highest BCUT2D eigenvalue weighted by Crippen LogP contribution is 2.38. The summed E-state index contributed by atoms with van der Waals surface area (Å²) in [6.07, 6.45) is 1.62. The Morgan fingerprint density at radius 3 is 2.51 bits per heavy atom. The van der Waals surface area contributed by atoms with Gasteiger partial charge in [0.2, 0.25) is 0 Å². The number of rotatable bonds is 16. The molecule has 2 aromatic carbocycles. The predicted octanol–water partition coefficient (Wildman–Crippen LogP) is 3.79. The minimum absolute atomic E-state index is 0.0158. The van der Waals surface area contributed by atoms with E-state index in [0.717, 1.165) is 28.7 Å². The normalized spacial score (nSPS) is 19.8. The third-order valence-corrected chi connectivity index (χ3v) is 10.00. The Labute approximate surface area is 316 Å². The molecule has 4 unspecified atom stereocenters. The van der Waals surface area contributed by atoms with Gasteiger partial charge in [0.1, 0.15) is 23.6 Å². The van der Waals surface area contributed by atoms with E-state index < -0.39 is 59.7 Å². The molecule has 3 aliphatic rings. The number of aromatic nitrogens is 2.